The lowest BCUT2D eigenvalue weighted by Gasteiger charge is -2.24. The van der Waals surface area contributed by atoms with Crippen molar-refractivity contribution in [3.8, 4) is 0 Å². The van der Waals surface area contributed by atoms with Crippen LogP contribution in [0.1, 0.15) is 12.8 Å². The number of rotatable bonds is 3. The van der Waals surface area contributed by atoms with Gasteiger partial charge in [-0.05, 0) is 25.0 Å². The van der Waals surface area contributed by atoms with Crippen molar-refractivity contribution in [3.05, 3.63) is 26.7 Å². The molecule has 1 fully saturated rings. The monoisotopic (exact) mass is 386 g/mol. The molecule has 2 rings (SSSR count). The number of hydrogen-bond acceptors (Lipinski definition) is 3. The number of nitrogens with zero attached hydrogens (tertiary/aromatic N) is 1. The van der Waals surface area contributed by atoms with Crippen LogP contribution in [0.2, 0.25) is 10.0 Å². The predicted molar refractivity (Wildman–Crippen MR) is 80.1 cm³/mol. The highest BCUT2D eigenvalue weighted by atomic mass is 79.9. The van der Waals surface area contributed by atoms with Gasteiger partial charge in [-0.25, -0.2) is 8.42 Å². The molecule has 1 aliphatic heterocycles. The van der Waals surface area contributed by atoms with Crippen LogP contribution < -0.4 is 5.73 Å². The van der Waals surface area contributed by atoms with Crippen molar-refractivity contribution in [3.63, 3.8) is 0 Å². The van der Waals surface area contributed by atoms with Crippen LogP contribution in [-0.4, -0.2) is 31.9 Å². The van der Waals surface area contributed by atoms with Gasteiger partial charge in [0.05, 0.1) is 10.0 Å². The molecular weight excluding hydrogens is 375 g/mol. The molecule has 19 heavy (non-hydrogen) atoms. The third-order valence-corrected chi connectivity index (χ3v) is 6.46. The molecule has 0 spiro atoms. The van der Waals surface area contributed by atoms with Crippen molar-refractivity contribution in [2.75, 3.05) is 13.1 Å². The van der Waals surface area contributed by atoms with Gasteiger partial charge in [-0.2, -0.15) is 4.31 Å². The highest BCUT2D eigenvalue weighted by Gasteiger charge is 2.36. The van der Waals surface area contributed by atoms with Gasteiger partial charge < -0.3 is 5.73 Å². The van der Waals surface area contributed by atoms with E-state index in [9.17, 15) is 8.42 Å². The first-order chi connectivity index (χ1) is 8.87. The van der Waals surface area contributed by atoms with E-state index in [1.807, 2.05) is 0 Å². The summed E-state index contributed by atoms with van der Waals surface area (Å²) in [4.78, 5) is -0.0422. The fraction of sp³-hybridized carbons (Fsp3) is 0.455. The first-order valence-corrected chi connectivity index (χ1v) is 8.73. The molecule has 1 aliphatic rings. The van der Waals surface area contributed by atoms with Gasteiger partial charge in [-0.3, -0.25) is 0 Å². The second kappa shape index (κ2) is 5.87. The van der Waals surface area contributed by atoms with E-state index in [-0.39, 0.29) is 21.0 Å². The molecule has 1 heterocycles. The Morgan fingerprint density at radius 1 is 1.37 bits per heavy atom. The maximum absolute atomic E-state index is 12.6. The first-order valence-electron chi connectivity index (χ1n) is 5.74. The number of nitrogens with two attached hydrogens (primary N) is 1. The van der Waals surface area contributed by atoms with Crippen molar-refractivity contribution >= 4 is 49.2 Å². The van der Waals surface area contributed by atoms with Crippen LogP contribution in [0.4, 0.5) is 0 Å². The van der Waals surface area contributed by atoms with Crippen molar-refractivity contribution in [1.29, 1.82) is 0 Å². The maximum atomic E-state index is 12.6. The van der Waals surface area contributed by atoms with Crippen molar-refractivity contribution in [2.45, 2.75) is 23.8 Å². The van der Waals surface area contributed by atoms with Crippen molar-refractivity contribution in [1.82, 2.24) is 4.31 Å². The van der Waals surface area contributed by atoms with Crippen LogP contribution in [0.5, 0.6) is 0 Å². The van der Waals surface area contributed by atoms with Crippen LogP contribution in [0, 0.1) is 0 Å². The van der Waals surface area contributed by atoms with Gasteiger partial charge in [0, 0.05) is 23.6 Å². The zero-order valence-electron chi connectivity index (χ0n) is 9.94. The zero-order chi connectivity index (χ0) is 14.2. The summed E-state index contributed by atoms with van der Waals surface area (Å²) in [7, 11) is -3.71. The van der Waals surface area contributed by atoms with E-state index < -0.39 is 10.0 Å². The molecule has 0 amide bonds. The van der Waals surface area contributed by atoms with E-state index >= 15 is 0 Å². The van der Waals surface area contributed by atoms with Crippen LogP contribution in [0.25, 0.3) is 0 Å². The second-order valence-electron chi connectivity index (χ2n) is 4.35. The highest BCUT2D eigenvalue weighted by Crippen LogP contribution is 2.36. The Morgan fingerprint density at radius 2 is 1.95 bits per heavy atom. The third-order valence-electron chi connectivity index (χ3n) is 3.12. The molecule has 0 aliphatic carbocycles. The van der Waals surface area contributed by atoms with Crippen molar-refractivity contribution < 1.29 is 8.42 Å². The average Bonchev–Trinajstić information content (AvgIpc) is 2.75. The minimum absolute atomic E-state index is 0.0422. The molecular formula is C11H13BrCl2N2O2S. The molecule has 1 aromatic carbocycles. The Balaban J connectivity index is 2.51. The summed E-state index contributed by atoms with van der Waals surface area (Å²) in [5.74, 6) is 0. The van der Waals surface area contributed by atoms with E-state index in [1.165, 1.54) is 16.4 Å². The Kier molecular flexibility index (Phi) is 4.80. The lowest BCUT2D eigenvalue weighted by atomic mass is 10.2. The number of hydrogen-bond donors (Lipinski definition) is 1. The summed E-state index contributed by atoms with van der Waals surface area (Å²) in [6.45, 7) is 0.748. The normalized spacial score (nSPS) is 20.9. The van der Waals surface area contributed by atoms with Crippen LogP contribution >= 0.6 is 39.1 Å². The standard InChI is InChI=1S/C11H13BrCl2N2O2S/c12-7-4-9(13)11(10(14)5-7)19(17,18)16-3-1-2-8(16)6-15/h4-5,8H,1-3,6,15H2. The maximum Gasteiger partial charge on any atom is 0.246 e. The number of sulfonamides is 1. The molecule has 1 saturated heterocycles. The van der Waals surface area contributed by atoms with E-state index in [0.29, 0.717) is 17.6 Å². The number of halogens is 3. The Morgan fingerprint density at radius 3 is 2.47 bits per heavy atom. The Bertz CT molecular complexity index is 571. The summed E-state index contributed by atoms with van der Waals surface area (Å²) >= 11 is 15.3. The lowest BCUT2D eigenvalue weighted by Crippen LogP contribution is -2.40. The SMILES string of the molecule is NCC1CCCN1S(=O)(=O)c1c(Cl)cc(Br)cc1Cl. The molecule has 1 aromatic rings. The van der Waals surface area contributed by atoms with Gasteiger partial charge in [-0.15, -0.1) is 0 Å². The summed E-state index contributed by atoms with van der Waals surface area (Å²) in [6, 6.07) is 2.86. The highest BCUT2D eigenvalue weighted by molar-refractivity contribution is 9.10. The van der Waals surface area contributed by atoms with Gasteiger partial charge in [0.1, 0.15) is 4.90 Å². The molecule has 1 unspecified atom stereocenters. The topological polar surface area (TPSA) is 63.4 Å². The molecule has 4 nitrogen and oxygen atoms in total. The van der Waals surface area contributed by atoms with E-state index in [1.54, 1.807) is 0 Å². The fourth-order valence-electron chi connectivity index (χ4n) is 2.25. The summed E-state index contributed by atoms with van der Waals surface area (Å²) < 4.78 is 27.3. The van der Waals surface area contributed by atoms with Crippen molar-refractivity contribution in [2.24, 2.45) is 5.73 Å². The van der Waals surface area contributed by atoms with Crippen LogP contribution in [-0.2, 0) is 10.0 Å². The van der Waals surface area contributed by atoms with Gasteiger partial charge in [0.25, 0.3) is 0 Å². The molecule has 1 atom stereocenters. The minimum Gasteiger partial charge on any atom is -0.329 e. The lowest BCUT2D eigenvalue weighted by molar-refractivity contribution is 0.393. The van der Waals surface area contributed by atoms with Gasteiger partial charge >= 0.3 is 0 Å². The fourth-order valence-corrected chi connectivity index (χ4v) is 5.85. The molecule has 8 heteroatoms. The Labute approximate surface area is 131 Å². The quantitative estimate of drug-likeness (QED) is 0.867. The third kappa shape index (κ3) is 2.94. The summed E-state index contributed by atoms with van der Waals surface area (Å²) in [5, 5.41) is 0.226. The Hall–Kier alpha value is 0.150. The summed E-state index contributed by atoms with van der Waals surface area (Å²) in [5.41, 5.74) is 5.62. The molecule has 0 saturated carbocycles. The van der Waals surface area contributed by atoms with Crippen LogP contribution in [0.3, 0.4) is 0 Å². The smallest absolute Gasteiger partial charge is 0.246 e. The first kappa shape index (κ1) is 15.5. The van der Waals surface area contributed by atoms with E-state index in [4.69, 9.17) is 28.9 Å². The van der Waals surface area contributed by atoms with Gasteiger partial charge in [-0.1, -0.05) is 39.1 Å². The number of benzene rings is 1. The zero-order valence-corrected chi connectivity index (χ0v) is 13.9. The molecule has 0 radical (unpaired) electrons. The van der Waals surface area contributed by atoms with Gasteiger partial charge in [0.15, 0.2) is 0 Å². The molecule has 0 bridgehead atoms. The molecule has 2 N–H and O–H groups in total. The second-order valence-corrected chi connectivity index (χ2v) is 7.90. The largest absolute Gasteiger partial charge is 0.329 e. The summed E-state index contributed by atoms with van der Waals surface area (Å²) in [6.07, 6.45) is 1.56. The molecule has 0 aromatic heterocycles. The van der Waals surface area contributed by atoms with Crippen LogP contribution in [0.15, 0.2) is 21.5 Å². The minimum atomic E-state index is -3.71. The predicted octanol–water partition coefficient (Wildman–Crippen LogP) is 2.87. The van der Waals surface area contributed by atoms with Gasteiger partial charge in [0.2, 0.25) is 10.0 Å². The molecule has 106 valence electrons. The van der Waals surface area contributed by atoms with E-state index in [2.05, 4.69) is 15.9 Å². The van der Waals surface area contributed by atoms with E-state index in [0.717, 1.165) is 12.8 Å². The average molecular weight is 388 g/mol.